The van der Waals surface area contributed by atoms with Gasteiger partial charge in [0.25, 0.3) is 0 Å². The maximum atomic E-state index is 12.5. The number of hydrogen-bond donors (Lipinski definition) is 2. The smallest absolute Gasteiger partial charge is 0.341 e. The molecule has 1 aliphatic rings. The number of halogens is 3. The Morgan fingerprint density at radius 2 is 2.06 bits per heavy atom. The zero-order valence-corrected chi connectivity index (χ0v) is 22.4. The number of thiophene rings is 1. The van der Waals surface area contributed by atoms with Gasteiger partial charge in [0.1, 0.15) is 5.00 Å². The number of carbonyl (C=O) groups excluding carboxylic acids is 1. The summed E-state index contributed by atoms with van der Waals surface area (Å²) in [7, 11) is 1.40. The average Bonchev–Trinajstić information content (AvgIpc) is 3.18. The molecule has 3 aromatic rings. The van der Waals surface area contributed by atoms with Crippen molar-refractivity contribution in [2.45, 2.75) is 38.6 Å². The number of ether oxygens (including phenoxy) is 1. The van der Waals surface area contributed by atoms with Crippen LogP contribution in [-0.4, -0.2) is 28.0 Å². The van der Waals surface area contributed by atoms with Gasteiger partial charge in [0.05, 0.1) is 23.7 Å². The molecule has 1 aromatic carbocycles. The van der Waals surface area contributed by atoms with Crippen molar-refractivity contribution in [1.82, 2.24) is 9.78 Å². The van der Waals surface area contributed by atoms with Crippen LogP contribution >= 0.6 is 62.7 Å². The first-order valence-corrected chi connectivity index (χ1v) is 13.1. The minimum absolute atomic E-state index is 0.340. The maximum absolute atomic E-state index is 12.5. The number of fused-ring (bicyclic) bond motifs is 1. The fourth-order valence-corrected chi connectivity index (χ4v) is 6.21. The number of benzene rings is 1. The van der Waals surface area contributed by atoms with Crippen LogP contribution in [0.3, 0.4) is 0 Å². The van der Waals surface area contributed by atoms with Gasteiger partial charge in [-0.3, -0.25) is 4.68 Å². The molecule has 2 aromatic heterocycles. The van der Waals surface area contributed by atoms with Crippen LogP contribution in [0.25, 0.3) is 0 Å². The van der Waals surface area contributed by atoms with E-state index in [9.17, 15) is 4.79 Å². The monoisotopic (exact) mass is 586 g/mol. The third-order valence-corrected chi connectivity index (χ3v) is 7.91. The van der Waals surface area contributed by atoms with Crippen LogP contribution in [0.5, 0.6) is 0 Å². The Hall–Kier alpha value is -1.65. The minimum atomic E-state index is -0.343. The van der Waals surface area contributed by atoms with Gasteiger partial charge in [-0.15, -0.1) is 11.3 Å². The highest BCUT2D eigenvalue weighted by Gasteiger charge is 2.26. The van der Waals surface area contributed by atoms with Crippen LogP contribution < -0.4 is 10.6 Å². The molecule has 0 atom stereocenters. The molecule has 0 radical (unpaired) electrons. The molecule has 0 amide bonds. The van der Waals surface area contributed by atoms with Gasteiger partial charge < -0.3 is 15.4 Å². The highest BCUT2D eigenvalue weighted by molar-refractivity contribution is 9.10. The molecule has 0 unspecified atom stereocenters. The molecule has 11 heteroatoms. The van der Waals surface area contributed by atoms with E-state index in [4.69, 9.17) is 40.2 Å². The van der Waals surface area contributed by atoms with E-state index in [1.165, 1.54) is 18.4 Å². The van der Waals surface area contributed by atoms with E-state index in [1.807, 2.05) is 12.3 Å². The molecule has 33 heavy (non-hydrogen) atoms. The SMILES string of the molecule is COC(=O)c1c(NC(=S)Nc2nn(Cc3ccc(Cl)cc3Cl)cc2Br)sc2c1CCCCC2. The van der Waals surface area contributed by atoms with Gasteiger partial charge in [-0.2, -0.15) is 5.10 Å². The highest BCUT2D eigenvalue weighted by atomic mass is 79.9. The lowest BCUT2D eigenvalue weighted by molar-refractivity contribution is 0.0601. The van der Waals surface area contributed by atoms with Crippen LogP contribution in [-0.2, 0) is 24.1 Å². The number of esters is 1. The second-order valence-corrected chi connectivity index (χ2v) is 10.8. The van der Waals surface area contributed by atoms with E-state index in [0.717, 1.165) is 41.3 Å². The van der Waals surface area contributed by atoms with Crippen LogP contribution in [0.15, 0.2) is 28.9 Å². The second kappa shape index (κ2) is 10.7. The standard InChI is InChI=1S/C22H21BrCl2N4O2S2/c1-31-21(30)18-14-5-3-2-4-6-17(14)33-20(18)27-22(32)26-19-15(23)11-29(28-19)10-12-7-8-13(24)9-16(12)25/h7-9,11H,2-6,10H2,1H3,(H2,26,27,28,32). The lowest BCUT2D eigenvalue weighted by atomic mass is 10.1. The number of nitrogens with zero attached hydrogens (tertiary/aromatic N) is 2. The summed E-state index contributed by atoms with van der Waals surface area (Å²) in [5, 5.41) is 13.1. The fourth-order valence-electron chi connectivity index (χ4n) is 3.78. The summed E-state index contributed by atoms with van der Waals surface area (Å²) in [6.07, 6.45) is 7.04. The first kappa shape index (κ1) is 24.5. The number of hydrogen-bond acceptors (Lipinski definition) is 5. The minimum Gasteiger partial charge on any atom is -0.465 e. The van der Waals surface area contributed by atoms with Crippen molar-refractivity contribution in [3.05, 3.63) is 60.5 Å². The molecule has 2 N–H and O–H groups in total. The summed E-state index contributed by atoms with van der Waals surface area (Å²) in [6.45, 7) is 0.473. The topological polar surface area (TPSA) is 68.2 Å². The lowest BCUT2D eigenvalue weighted by Crippen LogP contribution is -2.21. The third-order valence-electron chi connectivity index (χ3n) is 5.33. The molecule has 2 heterocycles. The van der Waals surface area contributed by atoms with Gasteiger partial charge in [-0.1, -0.05) is 35.7 Å². The largest absolute Gasteiger partial charge is 0.465 e. The number of nitrogens with one attached hydrogen (secondary N) is 2. The Labute approximate surface area is 219 Å². The van der Waals surface area contributed by atoms with Crippen molar-refractivity contribution in [1.29, 1.82) is 0 Å². The molecule has 0 saturated heterocycles. The highest BCUT2D eigenvalue weighted by Crippen LogP contribution is 2.38. The summed E-state index contributed by atoms with van der Waals surface area (Å²) in [6, 6.07) is 5.37. The summed E-state index contributed by atoms with van der Waals surface area (Å²) in [4.78, 5) is 13.8. The van der Waals surface area contributed by atoms with Gasteiger partial charge in [0, 0.05) is 21.1 Å². The average molecular weight is 588 g/mol. The number of rotatable bonds is 5. The van der Waals surface area contributed by atoms with Crippen LogP contribution in [0.1, 0.15) is 45.6 Å². The zero-order valence-electron chi connectivity index (χ0n) is 17.7. The first-order valence-electron chi connectivity index (χ1n) is 10.3. The van der Waals surface area contributed by atoms with Gasteiger partial charge >= 0.3 is 5.97 Å². The predicted octanol–water partition coefficient (Wildman–Crippen LogP) is 6.93. The van der Waals surface area contributed by atoms with E-state index in [1.54, 1.807) is 28.2 Å². The fraction of sp³-hybridized carbons (Fsp3) is 0.318. The maximum Gasteiger partial charge on any atom is 0.341 e. The van der Waals surface area contributed by atoms with Gasteiger partial charge in [0.15, 0.2) is 10.9 Å². The summed E-state index contributed by atoms with van der Waals surface area (Å²) in [5.74, 6) is 0.209. The van der Waals surface area contributed by atoms with E-state index < -0.39 is 0 Å². The molecule has 0 fully saturated rings. The summed E-state index contributed by atoms with van der Waals surface area (Å²) in [5.41, 5.74) is 2.57. The lowest BCUT2D eigenvalue weighted by Gasteiger charge is -2.10. The van der Waals surface area contributed by atoms with E-state index in [-0.39, 0.29) is 5.97 Å². The van der Waals surface area contributed by atoms with Crippen LogP contribution in [0.2, 0.25) is 10.0 Å². The zero-order chi connectivity index (χ0) is 23.5. The Balaban J connectivity index is 1.50. The number of thiocarbonyl (C=S) groups is 1. The Bertz CT molecular complexity index is 1210. The van der Waals surface area contributed by atoms with Crippen molar-refractivity contribution in [2.24, 2.45) is 0 Å². The van der Waals surface area contributed by atoms with Crippen molar-refractivity contribution in [2.75, 3.05) is 17.7 Å². The molecular weight excluding hydrogens is 567 g/mol. The Morgan fingerprint density at radius 3 is 2.82 bits per heavy atom. The number of carbonyl (C=O) groups is 1. The third kappa shape index (κ3) is 5.71. The quantitative estimate of drug-likeness (QED) is 0.192. The first-order chi connectivity index (χ1) is 15.9. The molecule has 174 valence electrons. The van der Waals surface area contributed by atoms with Gasteiger partial charge in [-0.05, 0) is 77.1 Å². The second-order valence-electron chi connectivity index (χ2n) is 7.60. The molecule has 0 aliphatic heterocycles. The van der Waals surface area contributed by atoms with Crippen molar-refractivity contribution in [3.63, 3.8) is 0 Å². The molecule has 1 aliphatic carbocycles. The molecule has 0 spiro atoms. The molecular formula is C22H21BrCl2N4O2S2. The van der Waals surface area contributed by atoms with Crippen molar-refractivity contribution >= 4 is 84.6 Å². The summed E-state index contributed by atoms with van der Waals surface area (Å²) < 4.78 is 7.55. The Morgan fingerprint density at radius 1 is 1.27 bits per heavy atom. The van der Waals surface area contributed by atoms with E-state index in [2.05, 4.69) is 31.7 Å². The predicted molar refractivity (Wildman–Crippen MR) is 142 cm³/mol. The molecule has 0 bridgehead atoms. The Kier molecular flexibility index (Phi) is 7.96. The van der Waals surface area contributed by atoms with E-state index in [0.29, 0.717) is 38.1 Å². The summed E-state index contributed by atoms with van der Waals surface area (Å²) >= 11 is 22.9. The van der Waals surface area contributed by atoms with Crippen molar-refractivity contribution in [3.8, 4) is 0 Å². The van der Waals surface area contributed by atoms with Crippen LogP contribution in [0.4, 0.5) is 10.8 Å². The number of anilines is 2. The van der Waals surface area contributed by atoms with Crippen molar-refractivity contribution < 1.29 is 9.53 Å². The van der Waals surface area contributed by atoms with Gasteiger partial charge in [0.2, 0.25) is 0 Å². The van der Waals surface area contributed by atoms with Gasteiger partial charge in [-0.25, -0.2) is 4.79 Å². The van der Waals surface area contributed by atoms with Crippen LogP contribution in [0, 0.1) is 0 Å². The van der Waals surface area contributed by atoms with E-state index >= 15 is 0 Å². The number of methoxy groups -OCH3 is 1. The number of aryl methyl sites for hydroxylation is 1. The molecule has 0 saturated carbocycles. The molecule has 6 nitrogen and oxygen atoms in total. The molecule has 4 rings (SSSR count). The normalized spacial score (nSPS) is 13.2. The number of aromatic nitrogens is 2.